The Kier molecular flexibility index (Phi) is 4.95. The first-order chi connectivity index (χ1) is 12.1. The summed E-state index contributed by atoms with van der Waals surface area (Å²) in [5, 5.41) is 2.80. The molecule has 0 aliphatic carbocycles. The van der Waals surface area contributed by atoms with E-state index in [0.717, 1.165) is 6.42 Å². The van der Waals surface area contributed by atoms with E-state index < -0.39 is 18.1 Å². The standard InChI is InChI=1S/C18H19N3O4/c19-17(23)16-14(4-3-11-25-16)20-18(24)12-6-8-13(9-7-12)21-10-2-1-5-15(21)22/h1-2,5-10,14,16H,3-4,11H2,(H2,19,23)(H,20,24). The van der Waals surface area contributed by atoms with Crippen LogP contribution in [-0.2, 0) is 9.53 Å². The van der Waals surface area contributed by atoms with Gasteiger partial charge in [0.25, 0.3) is 11.5 Å². The number of hydrogen-bond acceptors (Lipinski definition) is 4. The van der Waals surface area contributed by atoms with Gasteiger partial charge in [0.1, 0.15) is 0 Å². The van der Waals surface area contributed by atoms with Crippen molar-refractivity contribution in [3.05, 3.63) is 64.6 Å². The van der Waals surface area contributed by atoms with E-state index in [1.165, 1.54) is 10.6 Å². The topological polar surface area (TPSA) is 103 Å². The van der Waals surface area contributed by atoms with E-state index in [1.54, 1.807) is 42.6 Å². The number of benzene rings is 1. The molecule has 3 N–H and O–H groups in total. The molecule has 1 saturated heterocycles. The van der Waals surface area contributed by atoms with Crippen LogP contribution >= 0.6 is 0 Å². The highest BCUT2D eigenvalue weighted by Crippen LogP contribution is 2.15. The van der Waals surface area contributed by atoms with E-state index in [1.807, 2.05) is 0 Å². The van der Waals surface area contributed by atoms with E-state index in [4.69, 9.17) is 10.5 Å². The van der Waals surface area contributed by atoms with Crippen LogP contribution in [0.3, 0.4) is 0 Å². The minimum Gasteiger partial charge on any atom is -0.367 e. The maximum atomic E-state index is 12.4. The second kappa shape index (κ2) is 7.31. The molecule has 1 aromatic carbocycles. The van der Waals surface area contributed by atoms with Crippen LogP contribution < -0.4 is 16.6 Å². The fourth-order valence-corrected chi connectivity index (χ4v) is 2.88. The summed E-state index contributed by atoms with van der Waals surface area (Å²) in [5.74, 6) is -0.891. The molecule has 2 atom stereocenters. The van der Waals surface area contributed by atoms with E-state index in [-0.39, 0.29) is 11.5 Å². The third kappa shape index (κ3) is 3.77. The molecule has 0 saturated carbocycles. The number of carbonyl (C=O) groups excluding carboxylic acids is 2. The number of aromatic nitrogens is 1. The lowest BCUT2D eigenvalue weighted by atomic mass is 10.0. The Bertz CT molecular complexity index is 829. The van der Waals surface area contributed by atoms with Gasteiger partial charge >= 0.3 is 0 Å². The van der Waals surface area contributed by atoms with Gasteiger partial charge in [0.15, 0.2) is 6.10 Å². The SMILES string of the molecule is NC(=O)C1OCCCC1NC(=O)c1ccc(-n2ccccc2=O)cc1. The number of nitrogens with two attached hydrogens (primary N) is 1. The Morgan fingerprint density at radius 1 is 1.16 bits per heavy atom. The van der Waals surface area contributed by atoms with Crippen LogP contribution in [-0.4, -0.2) is 35.1 Å². The minimum atomic E-state index is -0.806. The maximum absolute atomic E-state index is 12.4. The van der Waals surface area contributed by atoms with Crippen LogP contribution in [0.2, 0.25) is 0 Å². The van der Waals surface area contributed by atoms with Crippen LogP contribution in [0.4, 0.5) is 0 Å². The molecular formula is C18H19N3O4. The number of amides is 2. The van der Waals surface area contributed by atoms with E-state index in [9.17, 15) is 14.4 Å². The molecule has 130 valence electrons. The van der Waals surface area contributed by atoms with Crippen molar-refractivity contribution < 1.29 is 14.3 Å². The number of nitrogens with zero attached hydrogens (tertiary/aromatic N) is 1. The zero-order chi connectivity index (χ0) is 17.8. The average molecular weight is 341 g/mol. The summed E-state index contributed by atoms with van der Waals surface area (Å²) >= 11 is 0. The number of rotatable bonds is 4. The van der Waals surface area contributed by atoms with Crippen molar-refractivity contribution in [2.75, 3.05) is 6.61 Å². The van der Waals surface area contributed by atoms with E-state index in [0.29, 0.717) is 24.3 Å². The third-order valence-corrected chi connectivity index (χ3v) is 4.15. The summed E-state index contributed by atoms with van der Waals surface area (Å²) in [5.41, 5.74) is 6.27. The van der Waals surface area contributed by atoms with Gasteiger partial charge in [-0.1, -0.05) is 6.07 Å². The predicted molar refractivity (Wildman–Crippen MR) is 91.5 cm³/mol. The number of pyridine rings is 1. The summed E-state index contributed by atoms with van der Waals surface area (Å²) in [6.45, 7) is 0.459. The first-order valence-electron chi connectivity index (χ1n) is 8.06. The molecule has 3 rings (SSSR count). The molecule has 25 heavy (non-hydrogen) atoms. The maximum Gasteiger partial charge on any atom is 0.255 e. The number of carbonyl (C=O) groups is 2. The van der Waals surface area contributed by atoms with Crippen LogP contribution in [0.25, 0.3) is 5.69 Å². The summed E-state index contributed by atoms with van der Waals surface area (Å²) in [4.78, 5) is 35.7. The Morgan fingerprint density at radius 3 is 2.60 bits per heavy atom. The molecule has 0 spiro atoms. The molecule has 1 aliphatic heterocycles. The number of ether oxygens (including phenoxy) is 1. The van der Waals surface area contributed by atoms with Crippen LogP contribution in [0.5, 0.6) is 0 Å². The molecule has 1 aromatic heterocycles. The molecule has 0 radical (unpaired) electrons. The van der Waals surface area contributed by atoms with Gasteiger partial charge in [-0.25, -0.2) is 0 Å². The van der Waals surface area contributed by atoms with E-state index in [2.05, 4.69) is 5.32 Å². The first kappa shape index (κ1) is 16.9. The van der Waals surface area contributed by atoms with Crippen molar-refractivity contribution in [1.29, 1.82) is 0 Å². The van der Waals surface area contributed by atoms with Crippen molar-refractivity contribution in [1.82, 2.24) is 9.88 Å². The average Bonchev–Trinajstić information content (AvgIpc) is 2.62. The van der Waals surface area contributed by atoms with Crippen molar-refractivity contribution in [2.45, 2.75) is 25.0 Å². The Morgan fingerprint density at radius 2 is 1.92 bits per heavy atom. The second-order valence-corrected chi connectivity index (χ2v) is 5.87. The lowest BCUT2D eigenvalue weighted by molar-refractivity contribution is -0.134. The normalized spacial score (nSPS) is 20.0. The van der Waals surface area contributed by atoms with Gasteiger partial charge in [0.05, 0.1) is 6.04 Å². The molecule has 2 unspecified atom stereocenters. The zero-order valence-corrected chi connectivity index (χ0v) is 13.6. The van der Waals surface area contributed by atoms with Crippen molar-refractivity contribution in [3.63, 3.8) is 0 Å². The minimum absolute atomic E-state index is 0.150. The molecule has 2 heterocycles. The van der Waals surface area contributed by atoms with Crippen molar-refractivity contribution >= 4 is 11.8 Å². The van der Waals surface area contributed by atoms with Gasteiger partial charge in [0.2, 0.25) is 5.91 Å². The van der Waals surface area contributed by atoms with Gasteiger partial charge in [-0.3, -0.25) is 19.0 Å². The van der Waals surface area contributed by atoms with Crippen molar-refractivity contribution in [3.8, 4) is 5.69 Å². The van der Waals surface area contributed by atoms with Crippen molar-refractivity contribution in [2.24, 2.45) is 5.73 Å². The van der Waals surface area contributed by atoms with Crippen LogP contribution in [0.15, 0.2) is 53.5 Å². The zero-order valence-electron chi connectivity index (χ0n) is 13.6. The third-order valence-electron chi connectivity index (χ3n) is 4.15. The molecule has 2 amide bonds. The molecule has 2 aromatic rings. The number of primary amides is 1. The monoisotopic (exact) mass is 341 g/mol. The molecule has 7 heteroatoms. The smallest absolute Gasteiger partial charge is 0.255 e. The molecule has 7 nitrogen and oxygen atoms in total. The van der Waals surface area contributed by atoms with Gasteiger partial charge in [0, 0.05) is 30.1 Å². The molecule has 1 aliphatic rings. The van der Waals surface area contributed by atoms with Gasteiger partial charge in [-0.15, -0.1) is 0 Å². The fourth-order valence-electron chi connectivity index (χ4n) is 2.88. The first-order valence-corrected chi connectivity index (χ1v) is 8.06. The number of nitrogens with one attached hydrogen (secondary N) is 1. The number of hydrogen-bond donors (Lipinski definition) is 2. The summed E-state index contributed by atoms with van der Waals surface area (Å²) in [7, 11) is 0. The molecule has 0 bridgehead atoms. The van der Waals surface area contributed by atoms with Gasteiger partial charge < -0.3 is 15.8 Å². The highest BCUT2D eigenvalue weighted by atomic mass is 16.5. The highest BCUT2D eigenvalue weighted by Gasteiger charge is 2.31. The fraction of sp³-hybridized carbons (Fsp3) is 0.278. The Balaban J connectivity index is 1.74. The van der Waals surface area contributed by atoms with E-state index >= 15 is 0 Å². The highest BCUT2D eigenvalue weighted by molar-refractivity contribution is 5.95. The quantitative estimate of drug-likeness (QED) is 0.850. The Labute approximate surface area is 144 Å². The summed E-state index contributed by atoms with van der Waals surface area (Å²) in [6.07, 6.45) is 2.25. The summed E-state index contributed by atoms with van der Waals surface area (Å²) < 4.78 is 6.84. The molecular weight excluding hydrogens is 322 g/mol. The predicted octanol–water partition coefficient (Wildman–Crippen LogP) is 0.600. The van der Waals surface area contributed by atoms with Gasteiger partial charge in [-0.2, -0.15) is 0 Å². The van der Waals surface area contributed by atoms with Crippen LogP contribution in [0.1, 0.15) is 23.2 Å². The van der Waals surface area contributed by atoms with Crippen LogP contribution in [0, 0.1) is 0 Å². The Hall–Kier alpha value is -2.93. The van der Waals surface area contributed by atoms with Gasteiger partial charge in [-0.05, 0) is 43.2 Å². The molecule has 1 fully saturated rings. The summed E-state index contributed by atoms with van der Waals surface area (Å²) in [6, 6.07) is 11.1. The largest absolute Gasteiger partial charge is 0.367 e. The second-order valence-electron chi connectivity index (χ2n) is 5.87. The lowest BCUT2D eigenvalue weighted by Gasteiger charge is -2.30. The lowest BCUT2D eigenvalue weighted by Crippen LogP contribution is -2.52.